The topological polar surface area (TPSA) is 111 Å². The number of nitriles is 1. The summed E-state index contributed by atoms with van der Waals surface area (Å²) in [6.45, 7) is 7.10. The van der Waals surface area contributed by atoms with Crippen LogP contribution in [-0.2, 0) is 9.59 Å². The van der Waals surface area contributed by atoms with E-state index in [1.807, 2.05) is 20.8 Å². The first kappa shape index (κ1) is 18.7. The van der Waals surface area contributed by atoms with Gasteiger partial charge in [0.15, 0.2) is 0 Å². The Balaban J connectivity index is 1.49. The molecule has 2 N–H and O–H groups in total. The van der Waals surface area contributed by atoms with E-state index in [2.05, 4.69) is 21.7 Å². The minimum atomic E-state index is -0.650. The highest BCUT2D eigenvalue weighted by Gasteiger charge is 2.42. The first-order chi connectivity index (χ1) is 13.3. The maximum Gasteiger partial charge on any atom is 0.245 e. The lowest BCUT2D eigenvalue weighted by Crippen LogP contribution is -2.60. The van der Waals surface area contributed by atoms with Crippen LogP contribution >= 0.6 is 0 Å². The third-order valence-corrected chi connectivity index (χ3v) is 5.71. The van der Waals surface area contributed by atoms with E-state index in [1.165, 1.54) is 0 Å². The molecule has 2 amide bonds. The summed E-state index contributed by atoms with van der Waals surface area (Å²) in [5.41, 5.74) is 1.18. The molecule has 1 saturated carbocycles. The molecule has 4 rings (SSSR count). The van der Waals surface area contributed by atoms with Crippen LogP contribution in [0, 0.1) is 22.7 Å². The minimum Gasteiger partial charge on any atom is -0.367 e. The van der Waals surface area contributed by atoms with Gasteiger partial charge in [0.2, 0.25) is 11.8 Å². The zero-order chi connectivity index (χ0) is 20.1. The molecule has 8 nitrogen and oxygen atoms in total. The average Bonchev–Trinajstić information content (AvgIpc) is 3.36. The van der Waals surface area contributed by atoms with Crippen LogP contribution in [0.25, 0.3) is 0 Å². The van der Waals surface area contributed by atoms with Crippen molar-refractivity contribution in [3.8, 4) is 6.07 Å². The number of aromatic nitrogens is 2. The second-order valence-corrected chi connectivity index (χ2v) is 9.11. The first-order valence-electron chi connectivity index (χ1n) is 9.87. The Kier molecular flexibility index (Phi) is 4.48. The summed E-state index contributed by atoms with van der Waals surface area (Å²) in [5.74, 6) is 0.216. The van der Waals surface area contributed by atoms with Crippen LogP contribution < -0.4 is 10.6 Å². The third kappa shape index (κ3) is 3.41. The van der Waals surface area contributed by atoms with Gasteiger partial charge >= 0.3 is 0 Å². The number of hydrogen-bond donors (Lipinski definition) is 2. The third-order valence-electron chi connectivity index (χ3n) is 5.71. The lowest BCUT2D eigenvalue weighted by Gasteiger charge is -2.41. The molecule has 148 valence electrons. The predicted octanol–water partition coefficient (Wildman–Crippen LogP) is 1.38. The van der Waals surface area contributed by atoms with Crippen LogP contribution in [0.4, 0.5) is 5.82 Å². The van der Waals surface area contributed by atoms with E-state index in [1.54, 1.807) is 11.1 Å². The number of carbonyl (C=O) groups excluding carboxylic acids is 2. The highest BCUT2D eigenvalue weighted by atomic mass is 16.2. The number of likely N-dealkylation sites (tertiary alicyclic amines) is 1. The molecule has 1 saturated heterocycles. The summed E-state index contributed by atoms with van der Waals surface area (Å²) in [7, 11) is 0. The maximum atomic E-state index is 13.1. The van der Waals surface area contributed by atoms with Gasteiger partial charge in [0, 0.05) is 25.6 Å². The van der Waals surface area contributed by atoms with Crippen molar-refractivity contribution in [2.24, 2.45) is 11.3 Å². The van der Waals surface area contributed by atoms with Crippen molar-refractivity contribution < 1.29 is 9.59 Å². The molecule has 1 aromatic heterocycles. The molecule has 1 aliphatic carbocycles. The summed E-state index contributed by atoms with van der Waals surface area (Å²) < 4.78 is 0. The Hall–Kier alpha value is -2.69. The highest BCUT2D eigenvalue weighted by Crippen LogP contribution is 2.40. The summed E-state index contributed by atoms with van der Waals surface area (Å²) in [6, 6.07) is 1.53. The monoisotopic (exact) mass is 382 g/mol. The zero-order valence-electron chi connectivity index (χ0n) is 16.5. The van der Waals surface area contributed by atoms with Crippen molar-refractivity contribution in [1.82, 2.24) is 20.2 Å². The Morgan fingerprint density at radius 3 is 2.68 bits per heavy atom. The second-order valence-electron chi connectivity index (χ2n) is 9.11. The van der Waals surface area contributed by atoms with Crippen molar-refractivity contribution in [3.63, 3.8) is 0 Å². The number of nitrogens with one attached hydrogen (secondary N) is 2. The van der Waals surface area contributed by atoms with E-state index in [-0.39, 0.29) is 17.7 Å². The van der Waals surface area contributed by atoms with Crippen LogP contribution in [0.5, 0.6) is 0 Å². The van der Waals surface area contributed by atoms with Gasteiger partial charge in [-0.1, -0.05) is 20.8 Å². The molecule has 28 heavy (non-hydrogen) atoms. The number of amides is 2. The number of anilines is 1. The van der Waals surface area contributed by atoms with Gasteiger partial charge < -0.3 is 15.5 Å². The molecule has 8 heteroatoms. The molecule has 0 radical (unpaired) electrons. The van der Waals surface area contributed by atoms with Crippen molar-refractivity contribution in [1.29, 1.82) is 5.26 Å². The van der Waals surface area contributed by atoms with Crippen molar-refractivity contribution in [3.05, 3.63) is 17.6 Å². The lowest BCUT2D eigenvalue weighted by molar-refractivity contribution is -0.144. The van der Waals surface area contributed by atoms with Gasteiger partial charge in [0.05, 0.1) is 29.6 Å². The summed E-state index contributed by atoms with van der Waals surface area (Å²) in [5, 5.41) is 15.1. The number of rotatable bonds is 4. The molecule has 2 unspecified atom stereocenters. The lowest BCUT2D eigenvalue weighted by atomic mass is 9.84. The van der Waals surface area contributed by atoms with Gasteiger partial charge in [-0.2, -0.15) is 5.26 Å². The molecule has 3 aliphatic rings. The molecule has 0 aromatic carbocycles. The molecule has 1 aromatic rings. The zero-order valence-corrected chi connectivity index (χ0v) is 16.5. The fourth-order valence-corrected chi connectivity index (χ4v) is 3.70. The number of carbonyl (C=O) groups is 2. The van der Waals surface area contributed by atoms with E-state index in [9.17, 15) is 9.59 Å². The van der Waals surface area contributed by atoms with Gasteiger partial charge in [-0.25, -0.2) is 4.98 Å². The second kappa shape index (κ2) is 6.73. The van der Waals surface area contributed by atoms with Crippen molar-refractivity contribution >= 4 is 17.6 Å². The fourth-order valence-electron chi connectivity index (χ4n) is 3.70. The SMILES string of the molecule is CC(C)(C)C(NC(=O)C1CNc2ncc(C3CC3)nc21)C(=O)N1CC(C#N)C1. The van der Waals surface area contributed by atoms with Crippen LogP contribution in [0.15, 0.2) is 6.20 Å². The Morgan fingerprint density at radius 2 is 2.07 bits per heavy atom. The minimum absolute atomic E-state index is 0.109. The predicted molar refractivity (Wildman–Crippen MR) is 102 cm³/mol. The van der Waals surface area contributed by atoms with Gasteiger partial charge in [0.1, 0.15) is 17.8 Å². The standard InChI is InChI=1S/C20H26N6O2/c1-20(2,3)16(19(28)26-9-11(6-21)10-26)25-18(27)13-7-22-17-15(13)24-14(8-23-17)12-4-5-12/h8,11-13,16H,4-5,7,9-10H2,1-3H3,(H,22,23)(H,25,27). The Labute approximate surface area is 164 Å². The largest absolute Gasteiger partial charge is 0.367 e. The molecular formula is C20H26N6O2. The molecular weight excluding hydrogens is 356 g/mol. The van der Waals surface area contributed by atoms with Crippen LogP contribution in [0.1, 0.15) is 56.8 Å². The van der Waals surface area contributed by atoms with Gasteiger partial charge in [-0.05, 0) is 18.3 Å². The van der Waals surface area contributed by atoms with E-state index in [0.717, 1.165) is 18.5 Å². The average molecular weight is 382 g/mol. The maximum absolute atomic E-state index is 13.1. The highest BCUT2D eigenvalue weighted by molar-refractivity contribution is 5.92. The first-order valence-corrected chi connectivity index (χ1v) is 9.87. The Morgan fingerprint density at radius 1 is 1.36 bits per heavy atom. The van der Waals surface area contributed by atoms with E-state index in [4.69, 9.17) is 10.2 Å². The van der Waals surface area contributed by atoms with E-state index < -0.39 is 17.4 Å². The molecule has 2 aliphatic heterocycles. The summed E-state index contributed by atoms with van der Waals surface area (Å²) in [6.07, 6.45) is 4.04. The normalized spacial score (nSPS) is 22.5. The smallest absolute Gasteiger partial charge is 0.245 e. The fraction of sp³-hybridized carbons (Fsp3) is 0.650. The number of hydrogen-bond acceptors (Lipinski definition) is 6. The molecule has 2 fully saturated rings. The number of nitrogens with zero attached hydrogens (tertiary/aromatic N) is 4. The molecule has 0 spiro atoms. The quantitative estimate of drug-likeness (QED) is 0.814. The summed E-state index contributed by atoms with van der Waals surface area (Å²) >= 11 is 0. The van der Waals surface area contributed by atoms with Crippen LogP contribution in [0.3, 0.4) is 0 Å². The van der Waals surface area contributed by atoms with Crippen molar-refractivity contribution in [2.45, 2.75) is 51.5 Å². The van der Waals surface area contributed by atoms with Crippen LogP contribution in [-0.4, -0.2) is 52.4 Å². The molecule has 2 atom stereocenters. The van der Waals surface area contributed by atoms with Crippen molar-refractivity contribution in [2.75, 3.05) is 25.0 Å². The van der Waals surface area contributed by atoms with Crippen LogP contribution in [0.2, 0.25) is 0 Å². The van der Waals surface area contributed by atoms with Gasteiger partial charge in [0.25, 0.3) is 0 Å². The summed E-state index contributed by atoms with van der Waals surface area (Å²) in [4.78, 5) is 36.8. The molecule has 3 heterocycles. The van der Waals surface area contributed by atoms with E-state index in [0.29, 0.717) is 37.1 Å². The number of fused-ring (bicyclic) bond motifs is 1. The van der Waals surface area contributed by atoms with Gasteiger partial charge in [-0.3, -0.25) is 14.6 Å². The van der Waals surface area contributed by atoms with E-state index >= 15 is 0 Å². The Bertz CT molecular complexity index is 845. The van der Waals surface area contributed by atoms with Gasteiger partial charge in [-0.15, -0.1) is 0 Å². The molecule has 0 bridgehead atoms.